The second-order valence-corrected chi connectivity index (χ2v) is 8.15. The lowest BCUT2D eigenvalue weighted by Gasteiger charge is -2.08. The number of ether oxygens (including phenoxy) is 1. The summed E-state index contributed by atoms with van der Waals surface area (Å²) in [5.74, 6) is 0.570. The average Bonchev–Trinajstić information content (AvgIpc) is 3.42. The molecule has 28 heavy (non-hydrogen) atoms. The molecule has 0 saturated heterocycles. The minimum absolute atomic E-state index is 0.0246. The van der Waals surface area contributed by atoms with Gasteiger partial charge in [-0.25, -0.2) is 4.68 Å². The van der Waals surface area contributed by atoms with Crippen LogP contribution in [0.1, 0.15) is 23.5 Å². The molecule has 142 valence electrons. The van der Waals surface area contributed by atoms with Gasteiger partial charge in [-0.2, -0.15) is 4.98 Å². The molecule has 1 amide bonds. The van der Waals surface area contributed by atoms with Crippen LogP contribution in [0.5, 0.6) is 6.01 Å². The fourth-order valence-corrected chi connectivity index (χ4v) is 3.93. The Bertz CT molecular complexity index is 1070. The van der Waals surface area contributed by atoms with Crippen LogP contribution in [-0.2, 0) is 0 Å². The molecule has 0 aliphatic rings. The van der Waals surface area contributed by atoms with Crippen molar-refractivity contribution in [2.45, 2.75) is 20.0 Å². The van der Waals surface area contributed by atoms with E-state index < -0.39 is 0 Å². The molecule has 4 rings (SSSR count). The van der Waals surface area contributed by atoms with Gasteiger partial charge in [0.1, 0.15) is 0 Å². The molecule has 0 aliphatic carbocycles. The van der Waals surface area contributed by atoms with E-state index in [1.54, 1.807) is 22.1 Å². The summed E-state index contributed by atoms with van der Waals surface area (Å²) in [6, 6.07) is 15.5. The van der Waals surface area contributed by atoms with Gasteiger partial charge in [0.2, 0.25) is 0 Å². The molecule has 0 atom stereocenters. The Hall–Kier alpha value is -2.97. The molecule has 4 aromatic rings. The number of amides is 1. The highest BCUT2D eigenvalue weighted by Crippen LogP contribution is 2.28. The highest BCUT2D eigenvalue weighted by molar-refractivity contribution is 7.13. The summed E-state index contributed by atoms with van der Waals surface area (Å²) < 4.78 is 7.43. The summed E-state index contributed by atoms with van der Waals surface area (Å²) in [5, 5.41) is 11.3. The molecule has 0 bridgehead atoms. The summed E-state index contributed by atoms with van der Waals surface area (Å²) in [6.07, 6.45) is -0.0246. The van der Waals surface area contributed by atoms with E-state index in [1.807, 2.05) is 67.1 Å². The number of carbonyl (C=O) groups is 1. The molecule has 0 fully saturated rings. The maximum Gasteiger partial charge on any atom is 0.336 e. The smallest absolute Gasteiger partial charge is 0.336 e. The average molecular weight is 411 g/mol. The fourth-order valence-electron chi connectivity index (χ4n) is 2.62. The maximum atomic E-state index is 12.3. The zero-order valence-corrected chi connectivity index (χ0v) is 17.0. The summed E-state index contributed by atoms with van der Waals surface area (Å²) in [6.45, 7) is 3.87. The number of benzene rings is 1. The first-order chi connectivity index (χ1) is 13.6. The third-order valence-electron chi connectivity index (χ3n) is 3.76. The molecular formula is C20H18N4O2S2. The number of rotatable bonds is 6. The zero-order chi connectivity index (χ0) is 19.5. The Kier molecular flexibility index (Phi) is 5.23. The van der Waals surface area contributed by atoms with Crippen LogP contribution in [-0.4, -0.2) is 26.8 Å². The Labute approximate surface area is 170 Å². The monoisotopic (exact) mass is 410 g/mol. The third kappa shape index (κ3) is 3.97. The zero-order valence-electron chi connectivity index (χ0n) is 15.3. The van der Waals surface area contributed by atoms with Crippen molar-refractivity contribution in [3.05, 3.63) is 64.2 Å². The molecule has 0 spiro atoms. The SMILES string of the molecule is CC(C)Oc1nc(-c2cccs2)n(-c2cccc(NC(=O)c3cccs3)c2)n1. The van der Waals surface area contributed by atoms with Gasteiger partial charge in [-0.05, 0) is 54.9 Å². The van der Waals surface area contributed by atoms with Gasteiger partial charge in [0, 0.05) is 5.69 Å². The van der Waals surface area contributed by atoms with Crippen molar-refractivity contribution < 1.29 is 9.53 Å². The van der Waals surface area contributed by atoms with Crippen LogP contribution < -0.4 is 10.1 Å². The van der Waals surface area contributed by atoms with Crippen LogP contribution in [0.15, 0.2) is 59.3 Å². The predicted molar refractivity (Wildman–Crippen MR) is 113 cm³/mol. The van der Waals surface area contributed by atoms with Gasteiger partial charge in [-0.1, -0.05) is 18.2 Å². The summed E-state index contributed by atoms with van der Waals surface area (Å²) in [7, 11) is 0. The lowest BCUT2D eigenvalue weighted by atomic mass is 10.2. The first-order valence-corrected chi connectivity index (χ1v) is 10.5. The quantitative estimate of drug-likeness (QED) is 0.480. The van der Waals surface area contributed by atoms with Crippen molar-refractivity contribution in [3.63, 3.8) is 0 Å². The summed E-state index contributed by atoms with van der Waals surface area (Å²) >= 11 is 2.99. The van der Waals surface area contributed by atoms with Gasteiger partial charge >= 0.3 is 6.01 Å². The van der Waals surface area contributed by atoms with Crippen molar-refractivity contribution in [1.82, 2.24) is 14.8 Å². The van der Waals surface area contributed by atoms with Crippen LogP contribution in [0, 0.1) is 0 Å². The van der Waals surface area contributed by atoms with E-state index in [-0.39, 0.29) is 12.0 Å². The van der Waals surface area contributed by atoms with E-state index in [2.05, 4.69) is 15.4 Å². The fraction of sp³-hybridized carbons (Fsp3) is 0.150. The lowest BCUT2D eigenvalue weighted by molar-refractivity contribution is 0.103. The highest BCUT2D eigenvalue weighted by atomic mass is 32.1. The number of hydrogen-bond donors (Lipinski definition) is 1. The molecule has 8 heteroatoms. The molecule has 3 aromatic heterocycles. The molecule has 0 saturated carbocycles. The third-order valence-corrected chi connectivity index (χ3v) is 5.50. The van der Waals surface area contributed by atoms with Crippen LogP contribution in [0.2, 0.25) is 0 Å². The van der Waals surface area contributed by atoms with Crippen LogP contribution >= 0.6 is 22.7 Å². The number of hydrogen-bond acceptors (Lipinski definition) is 6. The van der Waals surface area contributed by atoms with Crippen LogP contribution in [0.3, 0.4) is 0 Å². The van der Waals surface area contributed by atoms with Crippen molar-refractivity contribution in [1.29, 1.82) is 0 Å². The van der Waals surface area contributed by atoms with E-state index in [1.165, 1.54) is 11.3 Å². The second-order valence-electron chi connectivity index (χ2n) is 6.26. The Morgan fingerprint density at radius 3 is 2.64 bits per heavy atom. The van der Waals surface area contributed by atoms with Crippen LogP contribution in [0.25, 0.3) is 16.4 Å². The lowest BCUT2D eigenvalue weighted by Crippen LogP contribution is -2.10. The molecule has 6 nitrogen and oxygen atoms in total. The van der Waals surface area contributed by atoms with Gasteiger partial charge in [0.25, 0.3) is 5.91 Å². The van der Waals surface area contributed by atoms with E-state index >= 15 is 0 Å². The highest BCUT2D eigenvalue weighted by Gasteiger charge is 2.17. The van der Waals surface area contributed by atoms with Gasteiger partial charge in [0.15, 0.2) is 5.82 Å². The second kappa shape index (κ2) is 7.95. The Morgan fingerprint density at radius 1 is 1.11 bits per heavy atom. The first kappa shape index (κ1) is 18.4. The summed E-state index contributed by atoms with van der Waals surface area (Å²) in [5.41, 5.74) is 1.48. The predicted octanol–water partition coefficient (Wildman–Crippen LogP) is 5.10. The minimum atomic E-state index is -0.131. The maximum absolute atomic E-state index is 12.3. The largest absolute Gasteiger partial charge is 0.460 e. The number of nitrogens with zero attached hydrogens (tertiary/aromatic N) is 3. The molecule has 1 N–H and O–H groups in total. The Balaban J connectivity index is 1.68. The first-order valence-electron chi connectivity index (χ1n) is 8.73. The molecular weight excluding hydrogens is 392 g/mol. The topological polar surface area (TPSA) is 69.0 Å². The normalized spacial score (nSPS) is 11.0. The van der Waals surface area contributed by atoms with Crippen molar-refractivity contribution in [2.75, 3.05) is 5.32 Å². The number of anilines is 1. The molecule has 1 aromatic carbocycles. The van der Waals surface area contributed by atoms with E-state index in [9.17, 15) is 4.79 Å². The number of carbonyl (C=O) groups excluding carboxylic acids is 1. The number of aromatic nitrogens is 3. The van der Waals surface area contributed by atoms with Crippen molar-refractivity contribution in [2.24, 2.45) is 0 Å². The van der Waals surface area contributed by atoms with Gasteiger partial charge in [-0.15, -0.1) is 27.8 Å². The number of nitrogens with one attached hydrogen (secondary N) is 1. The molecule has 0 radical (unpaired) electrons. The van der Waals surface area contributed by atoms with Gasteiger partial charge < -0.3 is 10.1 Å². The van der Waals surface area contributed by atoms with Gasteiger partial charge in [-0.3, -0.25) is 4.79 Å². The molecule has 0 aliphatic heterocycles. The van der Waals surface area contributed by atoms with E-state index in [4.69, 9.17) is 4.74 Å². The van der Waals surface area contributed by atoms with E-state index in [0.29, 0.717) is 22.4 Å². The summed E-state index contributed by atoms with van der Waals surface area (Å²) in [4.78, 5) is 18.6. The molecule has 0 unspecified atom stereocenters. The standard InChI is InChI=1S/C20H18N4O2S2/c1-13(2)26-20-22-18(16-8-4-10-27-16)24(23-20)15-7-3-6-14(12-15)21-19(25)17-9-5-11-28-17/h3-13H,1-2H3,(H,21,25). The van der Waals surface area contributed by atoms with Gasteiger partial charge in [0.05, 0.1) is 21.5 Å². The minimum Gasteiger partial charge on any atom is -0.460 e. The molecule has 3 heterocycles. The van der Waals surface area contributed by atoms with Crippen molar-refractivity contribution >= 4 is 34.3 Å². The van der Waals surface area contributed by atoms with Crippen molar-refractivity contribution in [3.8, 4) is 22.4 Å². The number of thiophene rings is 2. The van der Waals surface area contributed by atoms with E-state index in [0.717, 1.165) is 10.6 Å². The van der Waals surface area contributed by atoms with Crippen LogP contribution in [0.4, 0.5) is 5.69 Å². The Morgan fingerprint density at radius 2 is 1.93 bits per heavy atom.